The van der Waals surface area contributed by atoms with E-state index in [1.54, 1.807) is 18.2 Å². The predicted molar refractivity (Wildman–Crippen MR) is 72.3 cm³/mol. The lowest BCUT2D eigenvalue weighted by Gasteiger charge is -2.27. The Bertz CT molecular complexity index is 493. The van der Waals surface area contributed by atoms with Gasteiger partial charge in [0.05, 0.1) is 16.8 Å². The Morgan fingerprint density at radius 1 is 1.42 bits per heavy atom. The van der Waals surface area contributed by atoms with Crippen LogP contribution >= 0.6 is 0 Å². The maximum absolute atomic E-state index is 12.4. The molecule has 5 nitrogen and oxygen atoms in total. The molecule has 1 saturated heterocycles. The van der Waals surface area contributed by atoms with Crippen LogP contribution in [0.3, 0.4) is 0 Å². The molecule has 0 aromatic heterocycles. The van der Waals surface area contributed by atoms with Crippen LogP contribution in [0.2, 0.25) is 0 Å². The molecular weight excluding hydrogens is 244 g/mol. The second-order valence-electron chi connectivity index (χ2n) is 4.77. The second-order valence-corrected chi connectivity index (χ2v) is 4.77. The molecule has 1 aliphatic rings. The monoisotopic (exact) mass is 262 g/mol. The van der Waals surface area contributed by atoms with E-state index in [-0.39, 0.29) is 11.5 Å². The van der Waals surface area contributed by atoms with Crippen molar-refractivity contribution in [3.63, 3.8) is 0 Å². The fourth-order valence-electron chi connectivity index (χ4n) is 2.48. The number of benzene rings is 1. The maximum Gasteiger partial charge on any atom is 0.337 e. The molecule has 1 amide bonds. The molecule has 1 aliphatic heterocycles. The van der Waals surface area contributed by atoms with E-state index in [4.69, 9.17) is 5.11 Å². The molecule has 1 fully saturated rings. The van der Waals surface area contributed by atoms with E-state index in [2.05, 4.69) is 10.6 Å². The molecule has 1 unspecified atom stereocenters. The van der Waals surface area contributed by atoms with Crippen LogP contribution < -0.4 is 10.6 Å². The summed E-state index contributed by atoms with van der Waals surface area (Å²) < 4.78 is 0. The van der Waals surface area contributed by atoms with E-state index in [1.165, 1.54) is 6.07 Å². The topological polar surface area (TPSA) is 78.4 Å². The molecule has 0 radical (unpaired) electrons. The number of rotatable bonds is 4. The first-order valence-corrected chi connectivity index (χ1v) is 6.48. The van der Waals surface area contributed by atoms with Gasteiger partial charge in [0.2, 0.25) is 5.91 Å². The summed E-state index contributed by atoms with van der Waals surface area (Å²) in [5.74, 6) is -1.19. The highest BCUT2D eigenvalue weighted by molar-refractivity contribution is 6.03. The van der Waals surface area contributed by atoms with Gasteiger partial charge in [0.1, 0.15) is 0 Å². The summed E-state index contributed by atoms with van der Waals surface area (Å²) in [4.78, 5) is 23.5. The molecule has 3 N–H and O–H groups in total. The van der Waals surface area contributed by atoms with E-state index >= 15 is 0 Å². The summed E-state index contributed by atoms with van der Waals surface area (Å²) in [5, 5.41) is 15.1. The minimum absolute atomic E-state index is 0.111. The minimum Gasteiger partial charge on any atom is -0.478 e. The van der Waals surface area contributed by atoms with Gasteiger partial charge in [-0.05, 0) is 37.9 Å². The number of aromatic carboxylic acids is 1. The summed E-state index contributed by atoms with van der Waals surface area (Å²) in [6.07, 6.45) is 2.43. The van der Waals surface area contributed by atoms with Gasteiger partial charge in [-0.3, -0.25) is 4.79 Å². The van der Waals surface area contributed by atoms with E-state index < -0.39 is 11.5 Å². The zero-order valence-corrected chi connectivity index (χ0v) is 10.9. The molecule has 1 heterocycles. The molecule has 5 heteroatoms. The highest BCUT2D eigenvalue weighted by Crippen LogP contribution is 2.25. The first kappa shape index (κ1) is 13.5. The molecule has 0 saturated carbocycles. The molecule has 1 aromatic carbocycles. The molecule has 2 rings (SSSR count). The van der Waals surface area contributed by atoms with Gasteiger partial charge >= 0.3 is 5.97 Å². The third kappa shape index (κ3) is 2.61. The summed E-state index contributed by atoms with van der Waals surface area (Å²) >= 11 is 0. The highest BCUT2D eigenvalue weighted by atomic mass is 16.4. The molecule has 19 heavy (non-hydrogen) atoms. The third-order valence-corrected chi connectivity index (χ3v) is 3.69. The van der Waals surface area contributed by atoms with E-state index in [1.807, 2.05) is 6.92 Å². The third-order valence-electron chi connectivity index (χ3n) is 3.69. The number of anilines is 1. The largest absolute Gasteiger partial charge is 0.478 e. The Kier molecular flexibility index (Phi) is 3.85. The van der Waals surface area contributed by atoms with Crippen LogP contribution in [0.1, 0.15) is 36.5 Å². The van der Waals surface area contributed by atoms with Gasteiger partial charge in [-0.1, -0.05) is 19.1 Å². The van der Waals surface area contributed by atoms with Gasteiger partial charge in [-0.15, -0.1) is 0 Å². The predicted octanol–water partition coefficient (Wildman–Crippen LogP) is 1.86. The molecule has 0 bridgehead atoms. The van der Waals surface area contributed by atoms with Crippen molar-refractivity contribution in [2.75, 3.05) is 11.9 Å². The Morgan fingerprint density at radius 3 is 2.74 bits per heavy atom. The van der Waals surface area contributed by atoms with Gasteiger partial charge in [0.15, 0.2) is 0 Å². The number of amides is 1. The fraction of sp³-hybridized carbons (Fsp3) is 0.429. The summed E-state index contributed by atoms with van der Waals surface area (Å²) in [6, 6.07) is 6.45. The van der Waals surface area contributed by atoms with Crippen LogP contribution in [0.4, 0.5) is 5.69 Å². The quantitative estimate of drug-likeness (QED) is 0.774. The Labute approximate surface area is 112 Å². The molecule has 1 atom stereocenters. The first-order valence-electron chi connectivity index (χ1n) is 6.48. The SMILES string of the molecule is CCC1(C(=O)Nc2ccccc2C(=O)O)CCCN1. The number of carboxylic acids is 1. The lowest BCUT2D eigenvalue weighted by Crippen LogP contribution is -2.50. The molecule has 0 aliphatic carbocycles. The smallest absolute Gasteiger partial charge is 0.337 e. The number of para-hydroxylation sites is 1. The van der Waals surface area contributed by atoms with E-state index in [0.29, 0.717) is 12.1 Å². The number of carboxylic acid groups (broad SMARTS) is 1. The van der Waals surface area contributed by atoms with Crippen molar-refractivity contribution in [3.8, 4) is 0 Å². The number of hydrogen-bond acceptors (Lipinski definition) is 3. The van der Waals surface area contributed by atoms with Crippen LogP contribution in [0, 0.1) is 0 Å². The number of carbonyl (C=O) groups excluding carboxylic acids is 1. The van der Waals surface area contributed by atoms with Crippen molar-refractivity contribution in [1.82, 2.24) is 5.32 Å². The second kappa shape index (κ2) is 5.40. The molecule has 0 spiro atoms. The number of hydrogen-bond donors (Lipinski definition) is 3. The number of carbonyl (C=O) groups is 2. The average Bonchev–Trinajstić information content (AvgIpc) is 2.89. The summed E-state index contributed by atoms with van der Waals surface area (Å²) in [5.41, 5.74) is -0.104. The lowest BCUT2D eigenvalue weighted by atomic mass is 9.93. The Balaban J connectivity index is 2.21. The van der Waals surface area contributed by atoms with Gasteiger partial charge < -0.3 is 15.7 Å². The first-order chi connectivity index (χ1) is 9.09. The molecule has 102 valence electrons. The standard InChI is InChI=1S/C14H18N2O3/c1-2-14(8-5-9-15-14)13(19)16-11-7-4-3-6-10(11)12(17)18/h3-4,6-7,15H,2,5,8-9H2,1H3,(H,16,19)(H,17,18). The van der Waals surface area contributed by atoms with Crippen molar-refractivity contribution in [2.45, 2.75) is 31.7 Å². The Hall–Kier alpha value is -1.88. The summed E-state index contributed by atoms with van der Waals surface area (Å²) in [7, 11) is 0. The molecular formula is C14H18N2O3. The van der Waals surface area contributed by atoms with Crippen molar-refractivity contribution < 1.29 is 14.7 Å². The van der Waals surface area contributed by atoms with Crippen molar-refractivity contribution >= 4 is 17.6 Å². The highest BCUT2D eigenvalue weighted by Gasteiger charge is 2.39. The number of nitrogens with one attached hydrogen (secondary N) is 2. The van der Waals surface area contributed by atoms with Crippen LogP contribution in [-0.2, 0) is 4.79 Å². The summed E-state index contributed by atoms with van der Waals surface area (Å²) in [6.45, 7) is 2.78. The van der Waals surface area contributed by atoms with Gasteiger partial charge in [-0.25, -0.2) is 4.79 Å². The van der Waals surface area contributed by atoms with Crippen LogP contribution in [0.5, 0.6) is 0 Å². The van der Waals surface area contributed by atoms with Gasteiger partial charge in [0.25, 0.3) is 0 Å². The van der Waals surface area contributed by atoms with Crippen molar-refractivity contribution in [1.29, 1.82) is 0 Å². The van der Waals surface area contributed by atoms with E-state index in [0.717, 1.165) is 19.4 Å². The van der Waals surface area contributed by atoms with Crippen LogP contribution in [0.15, 0.2) is 24.3 Å². The van der Waals surface area contributed by atoms with Crippen molar-refractivity contribution in [2.24, 2.45) is 0 Å². The van der Waals surface area contributed by atoms with Gasteiger partial charge in [-0.2, -0.15) is 0 Å². The van der Waals surface area contributed by atoms with Crippen molar-refractivity contribution in [3.05, 3.63) is 29.8 Å². The van der Waals surface area contributed by atoms with Crippen LogP contribution in [-0.4, -0.2) is 29.1 Å². The fourth-order valence-corrected chi connectivity index (χ4v) is 2.48. The van der Waals surface area contributed by atoms with Crippen LogP contribution in [0.25, 0.3) is 0 Å². The van der Waals surface area contributed by atoms with E-state index in [9.17, 15) is 9.59 Å². The lowest BCUT2D eigenvalue weighted by molar-refractivity contribution is -0.122. The Morgan fingerprint density at radius 2 is 2.16 bits per heavy atom. The minimum atomic E-state index is -1.04. The average molecular weight is 262 g/mol. The van der Waals surface area contributed by atoms with Gasteiger partial charge in [0, 0.05) is 0 Å². The zero-order valence-electron chi connectivity index (χ0n) is 10.9. The zero-order chi connectivity index (χ0) is 13.9. The maximum atomic E-state index is 12.4. The molecule has 1 aromatic rings. The normalized spacial score (nSPS) is 22.2.